The summed E-state index contributed by atoms with van der Waals surface area (Å²) in [6.45, 7) is 2.43. The summed E-state index contributed by atoms with van der Waals surface area (Å²) >= 11 is 0. The summed E-state index contributed by atoms with van der Waals surface area (Å²) in [6, 6.07) is 3.60. The molecule has 0 spiro atoms. The molecule has 1 aromatic rings. The van der Waals surface area contributed by atoms with Crippen LogP contribution in [0.1, 0.15) is 23.7 Å². The Morgan fingerprint density at radius 2 is 2.29 bits per heavy atom. The zero-order valence-electron chi connectivity index (χ0n) is 11.5. The molecule has 1 aliphatic heterocycles. The number of nitro groups is 1. The molecule has 0 saturated carbocycles. The lowest BCUT2D eigenvalue weighted by Gasteiger charge is -2.34. The van der Waals surface area contributed by atoms with E-state index in [4.69, 9.17) is 5.73 Å². The van der Waals surface area contributed by atoms with Crippen molar-refractivity contribution < 1.29 is 14.5 Å². The first-order valence-corrected chi connectivity index (χ1v) is 6.59. The van der Waals surface area contributed by atoms with Crippen LogP contribution in [0, 0.1) is 10.1 Å². The average Bonchev–Trinajstić information content (AvgIpc) is 2.45. The highest BCUT2D eigenvalue weighted by atomic mass is 16.6. The maximum absolute atomic E-state index is 12.6. The topological polar surface area (TPSA) is 119 Å². The van der Waals surface area contributed by atoms with E-state index in [2.05, 4.69) is 5.32 Å². The van der Waals surface area contributed by atoms with Gasteiger partial charge in [-0.3, -0.25) is 19.7 Å². The third-order valence-electron chi connectivity index (χ3n) is 3.46. The van der Waals surface area contributed by atoms with Gasteiger partial charge in [-0.2, -0.15) is 0 Å². The van der Waals surface area contributed by atoms with Crippen LogP contribution in [-0.4, -0.2) is 40.8 Å². The van der Waals surface area contributed by atoms with E-state index in [1.165, 1.54) is 23.1 Å². The SMILES string of the molecule is CCC1C(=O)NCCN1C(=O)c1cccc(N)c1[N+](=O)[O-]. The number of nitrogens with two attached hydrogens (primary N) is 1. The summed E-state index contributed by atoms with van der Waals surface area (Å²) in [5.74, 6) is -0.792. The summed E-state index contributed by atoms with van der Waals surface area (Å²) in [4.78, 5) is 36.2. The summed E-state index contributed by atoms with van der Waals surface area (Å²) in [6.07, 6.45) is 0.438. The van der Waals surface area contributed by atoms with Crippen molar-refractivity contribution in [2.75, 3.05) is 18.8 Å². The number of benzene rings is 1. The van der Waals surface area contributed by atoms with E-state index in [9.17, 15) is 19.7 Å². The Bertz CT molecular complexity index is 602. The largest absolute Gasteiger partial charge is 0.393 e. The summed E-state index contributed by atoms with van der Waals surface area (Å²) in [5, 5.41) is 13.8. The third kappa shape index (κ3) is 2.64. The number of hydrogen-bond acceptors (Lipinski definition) is 5. The van der Waals surface area contributed by atoms with Gasteiger partial charge in [0.1, 0.15) is 17.3 Å². The monoisotopic (exact) mass is 292 g/mol. The van der Waals surface area contributed by atoms with Gasteiger partial charge in [-0.05, 0) is 18.6 Å². The summed E-state index contributed by atoms with van der Waals surface area (Å²) in [5.41, 5.74) is 5.02. The van der Waals surface area contributed by atoms with E-state index in [-0.39, 0.29) is 17.2 Å². The van der Waals surface area contributed by atoms with Gasteiger partial charge in [-0.1, -0.05) is 13.0 Å². The molecule has 1 saturated heterocycles. The number of amides is 2. The first kappa shape index (κ1) is 14.8. The zero-order valence-corrected chi connectivity index (χ0v) is 11.5. The lowest BCUT2D eigenvalue weighted by molar-refractivity contribution is -0.384. The Balaban J connectivity index is 2.42. The quantitative estimate of drug-likeness (QED) is 0.478. The van der Waals surface area contributed by atoms with Gasteiger partial charge in [-0.15, -0.1) is 0 Å². The van der Waals surface area contributed by atoms with Crippen molar-refractivity contribution in [1.82, 2.24) is 10.2 Å². The molecule has 2 rings (SSSR count). The number of rotatable bonds is 3. The van der Waals surface area contributed by atoms with E-state index < -0.39 is 22.6 Å². The minimum absolute atomic E-state index is 0.0691. The standard InChI is InChI=1S/C13H16N4O4/c1-2-10-12(18)15-6-7-16(10)13(19)8-4-3-5-9(14)11(8)17(20)21/h3-5,10H,2,6-7,14H2,1H3,(H,15,18). The predicted octanol–water partition coefficient (Wildman–Crippen LogP) is 0.528. The van der Waals surface area contributed by atoms with Gasteiger partial charge in [0.05, 0.1) is 4.92 Å². The van der Waals surface area contributed by atoms with E-state index in [0.29, 0.717) is 19.5 Å². The van der Waals surface area contributed by atoms with E-state index >= 15 is 0 Å². The Morgan fingerprint density at radius 1 is 1.57 bits per heavy atom. The molecule has 0 aromatic heterocycles. The molecule has 112 valence electrons. The normalized spacial score (nSPS) is 18.2. The van der Waals surface area contributed by atoms with Crippen LogP contribution in [0.15, 0.2) is 18.2 Å². The minimum atomic E-state index is -0.673. The number of carbonyl (C=O) groups is 2. The summed E-state index contributed by atoms with van der Waals surface area (Å²) < 4.78 is 0. The maximum atomic E-state index is 12.6. The van der Waals surface area contributed by atoms with Crippen LogP contribution in [0.4, 0.5) is 11.4 Å². The number of anilines is 1. The Labute approximate surface area is 121 Å². The molecule has 3 N–H and O–H groups in total. The fraction of sp³-hybridized carbons (Fsp3) is 0.385. The molecule has 8 heteroatoms. The van der Waals surface area contributed by atoms with Crippen molar-refractivity contribution in [3.63, 3.8) is 0 Å². The Hall–Kier alpha value is -2.64. The van der Waals surface area contributed by atoms with Gasteiger partial charge in [-0.25, -0.2) is 0 Å². The van der Waals surface area contributed by atoms with Gasteiger partial charge >= 0.3 is 5.69 Å². The van der Waals surface area contributed by atoms with Crippen molar-refractivity contribution in [2.45, 2.75) is 19.4 Å². The molecule has 1 heterocycles. The Morgan fingerprint density at radius 3 is 2.90 bits per heavy atom. The van der Waals surface area contributed by atoms with E-state index in [1.807, 2.05) is 0 Å². The van der Waals surface area contributed by atoms with Crippen LogP contribution in [0.25, 0.3) is 0 Å². The van der Waals surface area contributed by atoms with Crippen molar-refractivity contribution in [3.05, 3.63) is 33.9 Å². The van der Waals surface area contributed by atoms with Gasteiger partial charge in [0.15, 0.2) is 0 Å². The molecule has 2 amide bonds. The van der Waals surface area contributed by atoms with E-state index in [1.54, 1.807) is 6.92 Å². The highest BCUT2D eigenvalue weighted by molar-refractivity contribution is 6.02. The third-order valence-corrected chi connectivity index (χ3v) is 3.46. The van der Waals surface area contributed by atoms with E-state index in [0.717, 1.165) is 0 Å². The van der Waals surface area contributed by atoms with Crippen LogP contribution in [0.5, 0.6) is 0 Å². The highest BCUT2D eigenvalue weighted by Gasteiger charge is 2.35. The smallest absolute Gasteiger partial charge is 0.304 e. The lowest BCUT2D eigenvalue weighted by Crippen LogP contribution is -2.56. The fourth-order valence-corrected chi connectivity index (χ4v) is 2.46. The molecule has 1 aliphatic rings. The molecule has 0 radical (unpaired) electrons. The molecule has 1 aromatic carbocycles. The first-order chi connectivity index (χ1) is 9.97. The number of nitrogens with zero attached hydrogens (tertiary/aromatic N) is 2. The predicted molar refractivity (Wildman–Crippen MR) is 75.6 cm³/mol. The van der Waals surface area contributed by atoms with Crippen LogP contribution >= 0.6 is 0 Å². The fourth-order valence-electron chi connectivity index (χ4n) is 2.46. The van der Waals surface area contributed by atoms with Gasteiger partial charge in [0.25, 0.3) is 5.91 Å². The van der Waals surface area contributed by atoms with Crippen LogP contribution in [-0.2, 0) is 4.79 Å². The van der Waals surface area contributed by atoms with Gasteiger partial charge in [0.2, 0.25) is 5.91 Å². The van der Waals surface area contributed by atoms with Crippen molar-refractivity contribution in [1.29, 1.82) is 0 Å². The van der Waals surface area contributed by atoms with Gasteiger partial charge in [0, 0.05) is 13.1 Å². The molecule has 0 aliphatic carbocycles. The van der Waals surface area contributed by atoms with Crippen LogP contribution in [0.3, 0.4) is 0 Å². The van der Waals surface area contributed by atoms with Crippen LogP contribution < -0.4 is 11.1 Å². The number of piperazine rings is 1. The van der Waals surface area contributed by atoms with Crippen LogP contribution in [0.2, 0.25) is 0 Å². The number of nitrogens with one attached hydrogen (secondary N) is 1. The molecule has 0 bridgehead atoms. The molecule has 1 unspecified atom stereocenters. The van der Waals surface area contributed by atoms with Crippen molar-refractivity contribution in [3.8, 4) is 0 Å². The molecule has 21 heavy (non-hydrogen) atoms. The molecular weight excluding hydrogens is 276 g/mol. The average molecular weight is 292 g/mol. The van der Waals surface area contributed by atoms with Crippen molar-refractivity contribution in [2.24, 2.45) is 0 Å². The zero-order chi connectivity index (χ0) is 15.6. The number of nitro benzene ring substituents is 1. The molecule has 1 fully saturated rings. The number of carbonyl (C=O) groups excluding carboxylic acids is 2. The Kier molecular flexibility index (Phi) is 4.06. The molecule has 8 nitrogen and oxygen atoms in total. The highest BCUT2D eigenvalue weighted by Crippen LogP contribution is 2.28. The molecule has 1 atom stereocenters. The minimum Gasteiger partial charge on any atom is -0.393 e. The molecular formula is C13H16N4O4. The second kappa shape index (κ2) is 5.78. The second-order valence-electron chi connectivity index (χ2n) is 4.71. The number of hydrogen-bond donors (Lipinski definition) is 2. The lowest BCUT2D eigenvalue weighted by atomic mass is 10.1. The number of nitrogen functional groups attached to an aromatic ring is 1. The number of para-hydroxylation sites is 1. The van der Waals surface area contributed by atoms with Crippen molar-refractivity contribution >= 4 is 23.2 Å². The second-order valence-corrected chi connectivity index (χ2v) is 4.71. The van der Waals surface area contributed by atoms with Gasteiger partial charge < -0.3 is 16.0 Å². The maximum Gasteiger partial charge on any atom is 0.304 e. The summed E-state index contributed by atoms with van der Waals surface area (Å²) in [7, 11) is 0. The first-order valence-electron chi connectivity index (χ1n) is 6.59.